The standard InChI is InChI=1S/C44H73N3O12S/c1-30(2)35(29-31(3)40(51)52)46(13)39(50)36(42(5,6)7)45-38(49)37(47(14)41(53)59-43(8,9)10)44(11,12)33-15-17-34(18-16-33)58-26-25-56-22-21-54-19-20-55-23-24-57-27-28-60-32(4)48/h15-18,29-30,35-37H,19-28H2,1-14H3,(H,45,49)(H,51,52)/b31-29+. The van der Waals surface area contributed by atoms with Crippen LogP contribution in [0.1, 0.15) is 88.6 Å². The van der Waals surface area contributed by atoms with Crippen molar-refractivity contribution in [2.75, 3.05) is 79.3 Å². The second-order valence-corrected chi connectivity index (χ2v) is 18.8. The molecular weight excluding hydrogens is 795 g/mol. The fourth-order valence-electron chi connectivity index (χ4n) is 6.09. The molecule has 15 nitrogen and oxygen atoms in total. The molecule has 0 fully saturated rings. The largest absolute Gasteiger partial charge is 0.491 e. The second-order valence-electron chi connectivity index (χ2n) is 17.5. The maximum absolute atomic E-state index is 14.6. The first-order valence-electron chi connectivity index (χ1n) is 20.4. The zero-order valence-electron chi connectivity index (χ0n) is 38.5. The van der Waals surface area contributed by atoms with Crippen molar-refractivity contribution in [3.05, 3.63) is 41.5 Å². The molecule has 1 aromatic carbocycles. The number of carbonyl (C=O) groups excluding carboxylic acids is 4. The van der Waals surface area contributed by atoms with Crippen LogP contribution in [0.15, 0.2) is 35.9 Å². The summed E-state index contributed by atoms with van der Waals surface area (Å²) in [6, 6.07) is 4.50. The van der Waals surface area contributed by atoms with Gasteiger partial charge in [-0.05, 0) is 56.7 Å². The SMILES string of the molecule is CC(=O)SCCOCCOCCOCCOCCOc1ccc(C(C)(C)C(C(=O)NC(C(=O)N(C)C(/C=C(\C)C(=O)O)C(C)C)C(C)(C)C)N(C)C(=O)OC(C)(C)C)cc1. The topological polar surface area (TPSA) is 179 Å². The van der Waals surface area contributed by atoms with Crippen LogP contribution in [-0.2, 0) is 48.3 Å². The number of carboxylic acids is 1. The van der Waals surface area contributed by atoms with E-state index in [2.05, 4.69) is 5.32 Å². The Balaban J connectivity index is 3.01. The number of ether oxygens (including phenoxy) is 6. The van der Waals surface area contributed by atoms with Gasteiger partial charge in [0.2, 0.25) is 11.8 Å². The summed E-state index contributed by atoms with van der Waals surface area (Å²) in [6.07, 6.45) is 0.838. The van der Waals surface area contributed by atoms with E-state index in [0.717, 1.165) is 5.56 Å². The van der Waals surface area contributed by atoms with E-state index >= 15 is 0 Å². The molecule has 0 aliphatic carbocycles. The monoisotopic (exact) mass is 867 g/mol. The highest BCUT2D eigenvalue weighted by molar-refractivity contribution is 8.13. The number of hydrogen-bond donors (Lipinski definition) is 2. The molecule has 1 aromatic rings. The van der Waals surface area contributed by atoms with Gasteiger partial charge in [-0.15, -0.1) is 0 Å². The number of amides is 3. The molecule has 0 aromatic heterocycles. The molecule has 0 bridgehead atoms. The summed E-state index contributed by atoms with van der Waals surface area (Å²) in [5, 5.41) is 12.6. The molecule has 0 aliphatic rings. The molecule has 0 saturated heterocycles. The average Bonchev–Trinajstić information content (AvgIpc) is 3.13. The molecule has 3 amide bonds. The van der Waals surface area contributed by atoms with Gasteiger partial charge in [0, 0.05) is 37.8 Å². The van der Waals surface area contributed by atoms with Gasteiger partial charge in [0.05, 0.1) is 58.9 Å². The van der Waals surface area contributed by atoms with Gasteiger partial charge in [-0.2, -0.15) is 0 Å². The van der Waals surface area contributed by atoms with Crippen LogP contribution in [0.25, 0.3) is 0 Å². The van der Waals surface area contributed by atoms with Crippen molar-refractivity contribution in [1.29, 1.82) is 0 Å². The molecule has 0 heterocycles. The summed E-state index contributed by atoms with van der Waals surface area (Å²) < 4.78 is 33.6. The number of likely N-dealkylation sites (N-methyl/N-ethyl adjacent to an activating group) is 2. The van der Waals surface area contributed by atoms with Crippen LogP contribution in [-0.4, -0.2) is 147 Å². The summed E-state index contributed by atoms with van der Waals surface area (Å²) in [5.41, 5.74) is -1.79. The van der Waals surface area contributed by atoms with Gasteiger partial charge >= 0.3 is 12.1 Å². The third kappa shape index (κ3) is 19.8. The predicted molar refractivity (Wildman–Crippen MR) is 233 cm³/mol. The van der Waals surface area contributed by atoms with E-state index in [1.807, 2.05) is 60.6 Å². The molecule has 60 heavy (non-hydrogen) atoms. The third-order valence-corrected chi connectivity index (χ3v) is 10.2. The van der Waals surface area contributed by atoms with Crippen molar-refractivity contribution < 1.29 is 57.5 Å². The molecule has 3 atom stereocenters. The Morgan fingerprint density at radius 1 is 0.750 bits per heavy atom. The van der Waals surface area contributed by atoms with E-state index in [1.54, 1.807) is 46.0 Å². The van der Waals surface area contributed by atoms with Gasteiger partial charge in [0.25, 0.3) is 0 Å². The Morgan fingerprint density at radius 2 is 1.23 bits per heavy atom. The number of carbonyl (C=O) groups is 5. The van der Waals surface area contributed by atoms with Gasteiger partial charge in [-0.3, -0.25) is 19.3 Å². The lowest BCUT2D eigenvalue weighted by atomic mass is 9.76. The predicted octanol–water partition coefficient (Wildman–Crippen LogP) is 5.97. The maximum Gasteiger partial charge on any atom is 0.410 e. The fraction of sp³-hybridized carbons (Fsp3) is 0.705. The highest BCUT2D eigenvalue weighted by Crippen LogP contribution is 2.33. The highest BCUT2D eigenvalue weighted by atomic mass is 32.2. The molecule has 342 valence electrons. The molecule has 3 unspecified atom stereocenters. The molecular formula is C44H73N3O12S. The maximum atomic E-state index is 14.6. The van der Waals surface area contributed by atoms with Crippen molar-refractivity contribution >= 4 is 40.8 Å². The molecule has 16 heteroatoms. The number of hydrogen-bond acceptors (Lipinski definition) is 12. The summed E-state index contributed by atoms with van der Waals surface area (Å²) in [5.74, 6) is -0.957. The Morgan fingerprint density at radius 3 is 1.67 bits per heavy atom. The van der Waals surface area contributed by atoms with Crippen molar-refractivity contribution in [1.82, 2.24) is 15.1 Å². The number of rotatable bonds is 26. The van der Waals surface area contributed by atoms with Crippen LogP contribution in [0.3, 0.4) is 0 Å². The first kappa shape index (κ1) is 54.3. The Hall–Kier alpha value is -3.70. The number of nitrogens with one attached hydrogen (secondary N) is 1. The third-order valence-electron chi connectivity index (χ3n) is 9.38. The summed E-state index contributed by atoms with van der Waals surface area (Å²) >= 11 is 1.24. The van der Waals surface area contributed by atoms with E-state index < -0.39 is 58.4 Å². The smallest absolute Gasteiger partial charge is 0.410 e. The van der Waals surface area contributed by atoms with E-state index in [0.29, 0.717) is 71.0 Å². The second kappa shape index (κ2) is 25.9. The first-order valence-corrected chi connectivity index (χ1v) is 21.4. The summed E-state index contributed by atoms with van der Waals surface area (Å²) in [7, 11) is 3.10. The van der Waals surface area contributed by atoms with E-state index in [4.69, 9.17) is 28.4 Å². The first-order chi connectivity index (χ1) is 27.8. The minimum atomic E-state index is -1.14. The number of nitrogens with zero attached hydrogens (tertiary/aromatic N) is 2. The molecule has 0 spiro atoms. The van der Waals surface area contributed by atoms with E-state index in [-0.39, 0.29) is 16.6 Å². The van der Waals surface area contributed by atoms with Crippen LogP contribution in [0.2, 0.25) is 0 Å². The highest BCUT2D eigenvalue weighted by Gasteiger charge is 2.46. The summed E-state index contributed by atoms with van der Waals surface area (Å²) in [6.45, 7) is 24.9. The number of thioether (sulfide) groups is 1. The zero-order chi connectivity index (χ0) is 45.8. The molecule has 1 rings (SSSR count). The van der Waals surface area contributed by atoms with Crippen molar-refractivity contribution in [2.45, 2.75) is 112 Å². The Kier molecular flexibility index (Phi) is 23.5. The van der Waals surface area contributed by atoms with E-state index in [1.165, 1.54) is 42.5 Å². The van der Waals surface area contributed by atoms with Crippen LogP contribution < -0.4 is 10.1 Å². The lowest BCUT2D eigenvalue weighted by Crippen LogP contribution is -2.63. The van der Waals surface area contributed by atoms with Crippen LogP contribution >= 0.6 is 11.8 Å². The zero-order valence-corrected chi connectivity index (χ0v) is 39.3. The quantitative estimate of drug-likeness (QED) is 0.0823. The molecule has 2 N–H and O–H groups in total. The van der Waals surface area contributed by atoms with Crippen molar-refractivity contribution in [3.63, 3.8) is 0 Å². The van der Waals surface area contributed by atoms with Crippen molar-refractivity contribution in [2.24, 2.45) is 11.3 Å². The normalized spacial score (nSPS) is 13.9. The number of benzene rings is 1. The minimum absolute atomic E-state index is 0.0768. The summed E-state index contributed by atoms with van der Waals surface area (Å²) in [4.78, 5) is 67.7. The molecule has 0 aliphatic heterocycles. The molecule has 0 saturated carbocycles. The van der Waals surface area contributed by atoms with Crippen molar-refractivity contribution in [3.8, 4) is 5.75 Å². The fourth-order valence-corrected chi connectivity index (χ4v) is 6.58. The van der Waals surface area contributed by atoms with Gasteiger partial charge in [-0.1, -0.05) is 78.4 Å². The van der Waals surface area contributed by atoms with Crippen LogP contribution in [0.5, 0.6) is 5.75 Å². The van der Waals surface area contributed by atoms with Gasteiger partial charge in [-0.25, -0.2) is 9.59 Å². The molecule has 0 radical (unpaired) electrons. The van der Waals surface area contributed by atoms with Gasteiger partial charge in [0.15, 0.2) is 5.12 Å². The Bertz CT molecular complexity index is 1540. The lowest BCUT2D eigenvalue weighted by Gasteiger charge is -2.42. The number of carboxylic acid groups (broad SMARTS) is 1. The lowest BCUT2D eigenvalue weighted by molar-refractivity contribution is -0.142. The van der Waals surface area contributed by atoms with Gasteiger partial charge < -0.3 is 43.7 Å². The number of aliphatic carboxylic acids is 1. The van der Waals surface area contributed by atoms with Crippen LogP contribution in [0, 0.1) is 11.3 Å². The van der Waals surface area contributed by atoms with Crippen LogP contribution in [0.4, 0.5) is 4.79 Å². The van der Waals surface area contributed by atoms with E-state index in [9.17, 15) is 29.1 Å². The average molecular weight is 868 g/mol. The van der Waals surface area contributed by atoms with Gasteiger partial charge in [0.1, 0.15) is 30.0 Å². The minimum Gasteiger partial charge on any atom is -0.491 e. The Labute approximate surface area is 362 Å².